The summed E-state index contributed by atoms with van der Waals surface area (Å²) in [6.07, 6.45) is 24.7. The maximum Gasteiger partial charge on any atom is 0.472 e. The van der Waals surface area contributed by atoms with E-state index in [-0.39, 0.29) is 19.4 Å². The largest absolute Gasteiger partial charge is 0.472 e. The Labute approximate surface area is 273 Å². The Kier molecular flexibility index (Phi) is 30.4. The molecule has 0 spiro atoms. The summed E-state index contributed by atoms with van der Waals surface area (Å²) < 4.78 is 32.4. The molecule has 0 amide bonds. The lowest BCUT2D eigenvalue weighted by Gasteiger charge is -2.20. The van der Waals surface area contributed by atoms with Crippen LogP contribution >= 0.6 is 7.82 Å². The van der Waals surface area contributed by atoms with E-state index in [1.807, 2.05) is 0 Å². The topological polar surface area (TPSA) is 149 Å². The zero-order valence-electron chi connectivity index (χ0n) is 28.3. The third kappa shape index (κ3) is 31.1. The van der Waals surface area contributed by atoms with Gasteiger partial charge in [-0.15, -0.1) is 0 Å². The van der Waals surface area contributed by atoms with Crippen molar-refractivity contribution in [1.29, 1.82) is 0 Å². The molecule has 3 N–H and O–H groups in total. The molecule has 0 saturated carbocycles. The van der Waals surface area contributed by atoms with Gasteiger partial charge in [0.05, 0.1) is 19.8 Å². The molecule has 0 rings (SSSR count). The Balaban J connectivity index is 4.43. The Hall–Kier alpha value is -1.29. The third-order valence-electron chi connectivity index (χ3n) is 7.42. The number of unbranched alkanes of at least 4 members (excludes halogenated alkanes) is 17. The molecule has 0 bridgehead atoms. The molecule has 3 unspecified atom stereocenters. The molecule has 11 heteroatoms. The SMILES string of the molecule is CCCCC/C=C\CCCCCCCC(=O)OC(COC(=O)CCCCCCCCCCCC)COP(=O)(O)OCC(O)CO. The van der Waals surface area contributed by atoms with Crippen LogP contribution in [0.4, 0.5) is 0 Å². The van der Waals surface area contributed by atoms with Crippen molar-refractivity contribution in [3.05, 3.63) is 12.2 Å². The quantitative estimate of drug-likeness (QED) is 0.0272. The van der Waals surface area contributed by atoms with Gasteiger partial charge in [-0.25, -0.2) is 4.57 Å². The van der Waals surface area contributed by atoms with E-state index < -0.39 is 51.8 Å². The van der Waals surface area contributed by atoms with Crippen LogP contribution in [0.5, 0.6) is 0 Å². The van der Waals surface area contributed by atoms with E-state index in [1.54, 1.807) is 0 Å². The highest BCUT2D eigenvalue weighted by Crippen LogP contribution is 2.43. The molecule has 0 aliphatic rings. The van der Waals surface area contributed by atoms with Gasteiger partial charge in [0, 0.05) is 12.8 Å². The van der Waals surface area contributed by atoms with Crippen LogP contribution in [0.15, 0.2) is 12.2 Å². The number of carbonyl (C=O) groups excluding carboxylic acids is 2. The first-order chi connectivity index (χ1) is 21.7. The van der Waals surface area contributed by atoms with Gasteiger partial charge in [-0.05, 0) is 38.5 Å². The standard InChI is InChI=1S/C34H65O10P/c1-3-5-7-9-11-13-15-16-18-20-22-24-26-34(38)44-32(30-43-45(39,40)42-28-31(36)27-35)29-41-33(37)25-23-21-19-17-14-12-10-8-6-4-2/h11,13,31-32,35-36H,3-10,12,14-30H2,1-2H3,(H,39,40)/b13-11-. The number of allylic oxidation sites excluding steroid dienone is 2. The van der Waals surface area contributed by atoms with Crippen molar-refractivity contribution in [2.75, 3.05) is 26.4 Å². The summed E-state index contributed by atoms with van der Waals surface area (Å²) in [5.41, 5.74) is 0. The first-order valence-electron chi connectivity index (χ1n) is 17.6. The Morgan fingerprint density at radius 1 is 0.644 bits per heavy atom. The second-order valence-electron chi connectivity index (χ2n) is 11.9. The van der Waals surface area contributed by atoms with Crippen LogP contribution in [-0.4, -0.2) is 65.7 Å². The lowest BCUT2D eigenvalue weighted by atomic mass is 10.1. The molecular formula is C34H65O10P. The van der Waals surface area contributed by atoms with E-state index in [1.165, 1.54) is 57.8 Å². The van der Waals surface area contributed by atoms with Gasteiger partial charge < -0.3 is 24.6 Å². The number of hydrogen-bond donors (Lipinski definition) is 3. The summed E-state index contributed by atoms with van der Waals surface area (Å²) in [4.78, 5) is 34.6. The van der Waals surface area contributed by atoms with E-state index in [4.69, 9.17) is 19.1 Å². The number of aliphatic hydroxyl groups is 2. The van der Waals surface area contributed by atoms with E-state index in [0.29, 0.717) is 12.8 Å². The molecule has 0 aliphatic heterocycles. The van der Waals surface area contributed by atoms with E-state index >= 15 is 0 Å². The van der Waals surface area contributed by atoms with E-state index in [9.17, 15) is 24.2 Å². The first kappa shape index (κ1) is 43.7. The van der Waals surface area contributed by atoms with Crippen molar-refractivity contribution < 1.29 is 47.8 Å². The van der Waals surface area contributed by atoms with Gasteiger partial charge in [0.25, 0.3) is 0 Å². The van der Waals surface area contributed by atoms with Crippen molar-refractivity contribution >= 4 is 19.8 Å². The molecule has 10 nitrogen and oxygen atoms in total. The summed E-state index contributed by atoms with van der Waals surface area (Å²) in [7, 11) is -4.60. The predicted octanol–water partition coefficient (Wildman–Crippen LogP) is 8.11. The molecular weight excluding hydrogens is 599 g/mol. The molecule has 0 heterocycles. The molecule has 0 aromatic heterocycles. The smallest absolute Gasteiger partial charge is 0.462 e. The average Bonchev–Trinajstić information content (AvgIpc) is 3.02. The molecule has 0 saturated heterocycles. The summed E-state index contributed by atoms with van der Waals surface area (Å²) in [6, 6.07) is 0. The summed E-state index contributed by atoms with van der Waals surface area (Å²) in [5, 5.41) is 18.2. The highest BCUT2D eigenvalue weighted by molar-refractivity contribution is 7.47. The molecule has 45 heavy (non-hydrogen) atoms. The summed E-state index contributed by atoms with van der Waals surface area (Å²) in [5.74, 6) is -0.935. The van der Waals surface area contributed by atoms with Crippen LogP contribution in [0.2, 0.25) is 0 Å². The Bertz CT molecular complexity index is 776. The predicted molar refractivity (Wildman–Crippen MR) is 178 cm³/mol. The van der Waals surface area contributed by atoms with E-state index in [2.05, 4.69) is 30.5 Å². The van der Waals surface area contributed by atoms with Crippen LogP contribution in [-0.2, 0) is 32.7 Å². The van der Waals surface area contributed by atoms with Gasteiger partial charge in [0.2, 0.25) is 0 Å². The third-order valence-corrected chi connectivity index (χ3v) is 8.37. The van der Waals surface area contributed by atoms with Crippen LogP contribution in [0, 0.1) is 0 Å². The van der Waals surface area contributed by atoms with E-state index in [0.717, 1.165) is 57.8 Å². The fraction of sp³-hybridized carbons (Fsp3) is 0.882. The summed E-state index contributed by atoms with van der Waals surface area (Å²) in [6.45, 7) is 2.31. The average molecular weight is 665 g/mol. The minimum Gasteiger partial charge on any atom is -0.462 e. The van der Waals surface area contributed by atoms with Crippen LogP contribution in [0.3, 0.4) is 0 Å². The number of phosphoric ester groups is 1. The summed E-state index contributed by atoms with van der Waals surface area (Å²) >= 11 is 0. The van der Waals surface area contributed by atoms with Crippen molar-refractivity contribution in [1.82, 2.24) is 0 Å². The number of hydrogen-bond acceptors (Lipinski definition) is 9. The Morgan fingerprint density at radius 3 is 1.64 bits per heavy atom. The molecule has 0 aromatic rings. The number of esters is 2. The zero-order chi connectivity index (χ0) is 33.4. The highest BCUT2D eigenvalue weighted by atomic mass is 31.2. The second kappa shape index (κ2) is 31.3. The van der Waals surface area contributed by atoms with Gasteiger partial charge >= 0.3 is 19.8 Å². The van der Waals surface area contributed by atoms with Crippen LogP contribution in [0.1, 0.15) is 155 Å². The van der Waals surface area contributed by atoms with Gasteiger partial charge in [-0.1, -0.05) is 116 Å². The normalized spacial score (nSPS) is 14.3. The molecule has 3 atom stereocenters. The van der Waals surface area contributed by atoms with Gasteiger partial charge in [0.1, 0.15) is 12.7 Å². The van der Waals surface area contributed by atoms with Gasteiger partial charge in [-0.3, -0.25) is 18.6 Å². The fourth-order valence-electron chi connectivity index (χ4n) is 4.63. The van der Waals surface area contributed by atoms with Crippen molar-refractivity contribution in [3.8, 4) is 0 Å². The number of carbonyl (C=O) groups is 2. The number of phosphoric acid groups is 1. The van der Waals surface area contributed by atoms with Gasteiger partial charge in [-0.2, -0.15) is 0 Å². The van der Waals surface area contributed by atoms with Crippen molar-refractivity contribution in [3.63, 3.8) is 0 Å². The van der Waals surface area contributed by atoms with Crippen molar-refractivity contribution in [2.45, 2.75) is 167 Å². The number of ether oxygens (including phenoxy) is 2. The van der Waals surface area contributed by atoms with Gasteiger partial charge in [0.15, 0.2) is 6.10 Å². The minimum atomic E-state index is -4.60. The van der Waals surface area contributed by atoms with Crippen molar-refractivity contribution in [2.24, 2.45) is 0 Å². The lowest BCUT2D eigenvalue weighted by molar-refractivity contribution is -0.161. The minimum absolute atomic E-state index is 0.177. The van der Waals surface area contributed by atoms with Crippen LogP contribution in [0.25, 0.3) is 0 Å². The number of rotatable bonds is 33. The highest BCUT2D eigenvalue weighted by Gasteiger charge is 2.27. The fourth-order valence-corrected chi connectivity index (χ4v) is 5.42. The Morgan fingerprint density at radius 2 is 1.09 bits per heavy atom. The zero-order valence-corrected chi connectivity index (χ0v) is 29.2. The second-order valence-corrected chi connectivity index (χ2v) is 13.4. The molecule has 266 valence electrons. The molecule has 0 aliphatic carbocycles. The van der Waals surface area contributed by atoms with Crippen LogP contribution < -0.4 is 0 Å². The first-order valence-corrected chi connectivity index (χ1v) is 19.1. The maximum atomic E-state index is 12.5. The maximum absolute atomic E-state index is 12.5. The molecule has 0 fully saturated rings. The molecule has 0 aromatic carbocycles. The monoisotopic (exact) mass is 664 g/mol. The lowest BCUT2D eigenvalue weighted by Crippen LogP contribution is -2.29. The molecule has 0 radical (unpaired) electrons. The number of aliphatic hydroxyl groups excluding tert-OH is 2.